The van der Waals surface area contributed by atoms with Crippen LogP contribution in [0.5, 0.6) is 0 Å². The molecule has 0 aliphatic rings. The molecule has 0 aliphatic heterocycles. The molecule has 0 bridgehead atoms. The minimum Gasteiger partial charge on any atom is -0.319 e. The van der Waals surface area contributed by atoms with E-state index in [0.29, 0.717) is 28.7 Å². The molecule has 3 aromatic rings. The molecule has 0 spiro atoms. The maximum absolute atomic E-state index is 13.4. The number of nitrogens with one attached hydrogen (secondary N) is 2. The molecule has 180 valence electrons. The van der Waals surface area contributed by atoms with Gasteiger partial charge in [-0.3, -0.25) is 4.79 Å². The molecule has 3 rings (SSSR count). The van der Waals surface area contributed by atoms with Crippen molar-refractivity contribution in [3.63, 3.8) is 0 Å². The first-order chi connectivity index (χ1) is 16.0. The fraction of sp³-hybridized carbons (Fsp3) is 0.160. The van der Waals surface area contributed by atoms with E-state index in [4.69, 9.17) is 23.2 Å². The van der Waals surface area contributed by atoms with Gasteiger partial charge >= 0.3 is 6.18 Å². The van der Waals surface area contributed by atoms with Crippen molar-refractivity contribution < 1.29 is 22.4 Å². The van der Waals surface area contributed by atoms with Gasteiger partial charge in [0.05, 0.1) is 11.6 Å². The molecule has 0 fully saturated rings. The number of aldehydes is 1. The molecular formula is C25H22Cl2F4N2O. The van der Waals surface area contributed by atoms with Crippen LogP contribution in [0.3, 0.4) is 0 Å². The second-order valence-electron chi connectivity index (χ2n) is 7.17. The van der Waals surface area contributed by atoms with Crippen molar-refractivity contribution in [2.75, 3.05) is 12.5 Å². The Balaban J connectivity index is 0.000000340. The van der Waals surface area contributed by atoms with E-state index in [1.165, 1.54) is 30.3 Å². The third-order valence-electron chi connectivity index (χ3n) is 4.63. The molecule has 0 saturated carbocycles. The molecule has 0 heterocycles. The van der Waals surface area contributed by atoms with Gasteiger partial charge in [0.15, 0.2) is 0 Å². The number of rotatable bonds is 6. The number of halogens is 6. The smallest absolute Gasteiger partial charge is 0.319 e. The molecule has 34 heavy (non-hydrogen) atoms. The third-order valence-corrected chi connectivity index (χ3v) is 5.07. The fourth-order valence-electron chi connectivity index (χ4n) is 3.00. The topological polar surface area (TPSA) is 41.1 Å². The van der Waals surface area contributed by atoms with E-state index >= 15 is 0 Å². The van der Waals surface area contributed by atoms with Crippen LogP contribution in [-0.2, 0) is 0 Å². The minimum atomic E-state index is -4.48. The van der Waals surface area contributed by atoms with Crippen molar-refractivity contribution in [2.24, 2.45) is 0 Å². The van der Waals surface area contributed by atoms with E-state index in [-0.39, 0.29) is 21.4 Å². The number of alkyl halides is 3. The Labute approximate surface area is 205 Å². The number of para-hydroxylation sites is 1. The second-order valence-corrected chi connectivity index (χ2v) is 8.04. The molecule has 9 heteroatoms. The largest absolute Gasteiger partial charge is 0.399 e. The molecule has 0 aromatic heterocycles. The van der Waals surface area contributed by atoms with Gasteiger partial charge < -0.3 is 5.43 Å². The Bertz CT molecular complexity index is 1130. The Morgan fingerprint density at radius 3 is 2.15 bits per heavy atom. The second kappa shape index (κ2) is 12.6. The number of hydrazine groups is 1. The van der Waals surface area contributed by atoms with Crippen molar-refractivity contribution in [2.45, 2.75) is 19.0 Å². The van der Waals surface area contributed by atoms with Crippen molar-refractivity contribution >= 4 is 41.3 Å². The molecule has 3 nitrogen and oxygen atoms in total. The summed E-state index contributed by atoms with van der Waals surface area (Å²) in [7, 11) is 1.69. The quantitative estimate of drug-likeness (QED) is 0.200. The zero-order valence-corrected chi connectivity index (χ0v) is 19.8. The Hall–Kier alpha value is -2.87. The lowest BCUT2D eigenvalue weighted by molar-refractivity contribution is -0.139. The number of carbonyl (C=O) groups is 1. The van der Waals surface area contributed by atoms with E-state index in [9.17, 15) is 22.4 Å². The van der Waals surface area contributed by atoms with Gasteiger partial charge in [-0.1, -0.05) is 65.7 Å². The first-order valence-corrected chi connectivity index (χ1v) is 10.7. The summed E-state index contributed by atoms with van der Waals surface area (Å²) in [6.45, 7) is 1.72. The van der Waals surface area contributed by atoms with E-state index in [0.717, 1.165) is 6.08 Å². The normalized spacial score (nSPS) is 12.1. The maximum Gasteiger partial charge on any atom is 0.399 e. The Morgan fingerprint density at radius 2 is 1.62 bits per heavy atom. The molecule has 0 aliphatic carbocycles. The van der Waals surface area contributed by atoms with E-state index < -0.39 is 12.1 Å². The van der Waals surface area contributed by atoms with Crippen LogP contribution >= 0.6 is 23.2 Å². The summed E-state index contributed by atoms with van der Waals surface area (Å²) in [5.74, 6) is -2.09. The van der Waals surface area contributed by atoms with Crippen LogP contribution in [-0.4, -0.2) is 19.5 Å². The maximum atomic E-state index is 13.4. The highest BCUT2D eigenvalue weighted by atomic mass is 35.5. The fourth-order valence-corrected chi connectivity index (χ4v) is 3.55. The van der Waals surface area contributed by atoms with Crippen LogP contribution in [0.4, 0.5) is 23.2 Å². The highest BCUT2D eigenvalue weighted by molar-refractivity contribution is 6.34. The Kier molecular flexibility index (Phi) is 10.1. The molecule has 2 N–H and O–H groups in total. The Morgan fingerprint density at radius 1 is 0.971 bits per heavy atom. The first kappa shape index (κ1) is 27.4. The van der Waals surface area contributed by atoms with Gasteiger partial charge in [0, 0.05) is 22.7 Å². The van der Waals surface area contributed by atoms with Gasteiger partial charge in [-0.25, -0.2) is 9.82 Å². The molecule has 0 radical (unpaired) electrons. The SMILES string of the molecule is CNNc1ccccc1F.Cc1cc(/C=C/C(c2cc(Cl)cc(Cl)c2)C(F)(F)F)ccc1C=O. The van der Waals surface area contributed by atoms with E-state index in [1.807, 2.05) is 0 Å². The lowest BCUT2D eigenvalue weighted by atomic mass is 9.96. The average Bonchev–Trinajstić information content (AvgIpc) is 2.75. The van der Waals surface area contributed by atoms with Gasteiger partial charge in [0.2, 0.25) is 0 Å². The summed E-state index contributed by atoms with van der Waals surface area (Å²) in [4.78, 5) is 10.8. The number of hydrogen-bond acceptors (Lipinski definition) is 3. The number of aryl methyl sites for hydroxylation is 1. The molecule has 0 saturated heterocycles. The average molecular weight is 513 g/mol. The summed E-state index contributed by atoms with van der Waals surface area (Å²) in [6.07, 6.45) is -1.36. The summed E-state index contributed by atoms with van der Waals surface area (Å²) >= 11 is 11.6. The van der Waals surface area contributed by atoms with Gasteiger partial charge in [-0.05, 0) is 53.9 Å². The number of anilines is 1. The summed E-state index contributed by atoms with van der Waals surface area (Å²) in [5, 5.41) is 0.290. The highest BCUT2D eigenvalue weighted by Gasteiger charge is 2.39. The number of carbonyl (C=O) groups excluding carboxylic acids is 1. The van der Waals surface area contributed by atoms with Gasteiger partial charge in [-0.2, -0.15) is 13.2 Å². The van der Waals surface area contributed by atoms with Crippen LogP contribution in [0.25, 0.3) is 6.08 Å². The first-order valence-electron chi connectivity index (χ1n) is 9.99. The van der Waals surface area contributed by atoms with Gasteiger partial charge in [0.25, 0.3) is 0 Å². The number of benzene rings is 3. The molecule has 3 aromatic carbocycles. The van der Waals surface area contributed by atoms with Crippen LogP contribution in [0.15, 0.2) is 66.7 Å². The van der Waals surface area contributed by atoms with Crippen LogP contribution < -0.4 is 10.9 Å². The number of allylic oxidation sites excluding steroid dienone is 1. The van der Waals surface area contributed by atoms with E-state index in [2.05, 4.69) is 10.9 Å². The lowest BCUT2D eigenvalue weighted by Crippen LogP contribution is -2.18. The van der Waals surface area contributed by atoms with Crippen LogP contribution in [0.1, 0.15) is 33.0 Å². The van der Waals surface area contributed by atoms with Crippen molar-refractivity contribution in [1.29, 1.82) is 0 Å². The molecule has 1 unspecified atom stereocenters. The summed E-state index contributed by atoms with van der Waals surface area (Å²) < 4.78 is 52.8. The monoisotopic (exact) mass is 512 g/mol. The molecule has 1 atom stereocenters. The van der Waals surface area contributed by atoms with Crippen molar-refractivity contribution in [1.82, 2.24) is 5.43 Å². The third kappa shape index (κ3) is 8.17. The minimum absolute atomic E-state index is 0.0301. The van der Waals surface area contributed by atoms with Crippen LogP contribution in [0, 0.1) is 12.7 Å². The van der Waals surface area contributed by atoms with Gasteiger partial charge in [0.1, 0.15) is 12.1 Å². The predicted octanol–water partition coefficient (Wildman–Crippen LogP) is 7.85. The van der Waals surface area contributed by atoms with Crippen molar-refractivity contribution in [3.05, 3.63) is 105 Å². The van der Waals surface area contributed by atoms with Crippen molar-refractivity contribution in [3.8, 4) is 0 Å². The lowest BCUT2D eigenvalue weighted by Gasteiger charge is -2.18. The summed E-state index contributed by atoms with van der Waals surface area (Å²) in [6, 6.07) is 15.2. The predicted molar refractivity (Wildman–Crippen MR) is 130 cm³/mol. The van der Waals surface area contributed by atoms with Gasteiger partial charge in [-0.15, -0.1) is 0 Å². The molecule has 0 amide bonds. The van der Waals surface area contributed by atoms with E-state index in [1.54, 1.807) is 50.4 Å². The molecular weight excluding hydrogens is 491 g/mol. The zero-order valence-electron chi connectivity index (χ0n) is 18.3. The number of hydrogen-bond donors (Lipinski definition) is 2. The van der Waals surface area contributed by atoms with Crippen LogP contribution in [0.2, 0.25) is 10.0 Å². The zero-order chi connectivity index (χ0) is 25.3. The summed E-state index contributed by atoms with van der Waals surface area (Å²) in [5.41, 5.74) is 7.49. The standard InChI is InChI=1S/C18H13Cl2F3O.C7H9FN2/c1-11-6-12(2-4-13(11)10-24)3-5-17(18(21,22)23)14-7-15(19)9-16(20)8-14;1-9-10-7-5-3-2-4-6(7)8/h2-10,17H,1H3;2-5,9-10H,1H3/b5-3+;. The highest BCUT2D eigenvalue weighted by Crippen LogP contribution is 2.38.